The molecule has 0 spiro atoms. The first-order valence-electron chi connectivity index (χ1n) is 11.3. The van der Waals surface area contributed by atoms with Crippen molar-refractivity contribution in [2.75, 3.05) is 0 Å². The molecule has 177 valence electrons. The van der Waals surface area contributed by atoms with Gasteiger partial charge >= 0.3 is 0 Å². The molecule has 0 saturated carbocycles. The molecule has 4 nitrogen and oxygen atoms in total. The minimum absolute atomic E-state index is 0. The second kappa shape index (κ2) is 11.2. The molecule has 0 amide bonds. The second-order valence-corrected chi connectivity index (χ2v) is 8.72. The van der Waals surface area contributed by atoms with E-state index in [0.29, 0.717) is 6.42 Å². The van der Waals surface area contributed by atoms with Crippen molar-refractivity contribution in [3.63, 3.8) is 0 Å². The molecule has 2 atom stereocenters. The number of hydrogen-bond acceptors (Lipinski definition) is 4. The van der Waals surface area contributed by atoms with Gasteiger partial charge in [-0.3, -0.25) is 4.98 Å². The van der Waals surface area contributed by atoms with Gasteiger partial charge in [0.05, 0.1) is 23.4 Å². The molecule has 2 unspecified atom stereocenters. The first-order chi connectivity index (χ1) is 15.8. The van der Waals surface area contributed by atoms with Gasteiger partial charge in [0.15, 0.2) is 0 Å². The second-order valence-electron chi connectivity index (χ2n) is 8.72. The number of fused-ring (bicyclic) bond motifs is 6. The summed E-state index contributed by atoms with van der Waals surface area (Å²) in [4.78, 5) is 9.82. The third-order valence-corrected chi connectivity index (χ3v) is 5.62. The number of aromatic nitrogens is 2. The molecule has 5 rings (SSSR count). The zero-order valence-electron chi connectivity index (χ0n) is 19.8. The molecule has 0 bridgehead atoms. The van der Waals surface area contributed by atoms with Crippen LogP contribution in [0.4, 0.5) is 0 Å². The van der Waals surface area contributed by atoms with Crippen molar-refractivity contribution < 1.29 is 30.3 Å². The summed E-state index contributed by atoms with van der Waals surface area (Å²) in [6, 6.07) is 24.2. The fourth-order valence-electron chi connectivity index (χ4n) is 4.35. The summed E-state index contributed by atoms with van der Waals surface area (Å²) >= 11 is 0. The predicted molar refractivity (Wildman–Crippen MR) is 136 cm³/mol. The van der Waals surface area contributed by atoms with Gasteiger partial charge in [-0.1, -0.05) is 59.0 Å². The molecule has 0 aliphatic heterocycles. The van der Waals surface area contributed by atoms with Crippen molar-refractivity contribution in [3.05, 3.63) is 84.1 Å². The van der Waals surface area contributed by atoms with Crippen LogP contribution in [0.1, 0.15) is 31.4 Å². The predicted octanol–water partition coefficient (Wildman–Crippen LogP) is 6.16. The fraction of sp³-hybridized carbons (Fsp3) is 0.241. The summed E-state index contributed by atoms with van der Waals surface area (Å²) in [5, 5.41) is 21.8. The molecule has 34 heavy (non-hydrogen) atoms. The Balaban J connectivity index is 0.000000357. The molecule has 5 aromatic rings. The Bertz CT molecular complexity index is 1410. The van der Waals surface area contributed by atoms with Crippen LogP contribution in [0.25, 0.3) is 43.8 Å². The summed E-state index contributed by atoms with van der Waals surface area (Å²) in [5.41, 5.74) is 6.34. The minimum Gasteiger partial charge on any atom is -0.393 e. The van der Waals surface area contributed by atoms with Gasteiger partial charge in [-0.2, -0.15) is 0 Å². The third-order valence-electron chi connectivity index (χ3n) is 5.62. The molecule has 0 aliphatic carbocycles. The summed E-state index contributed by atoms with van der Waals surface area (Å²) in [5.74, 6) is 0. The topological polar surface area (TPSA) is 66.2 Å². The fourth-order valence-corrected chi connectivity index (χ4v) is 4.35. The largest absolute Gasteiger partial charge is 0.393 e. The van der Waals surface area contributed by atoms with Crippen LogP contribution in [-0.2, 0) is 20.1 Å². The summed E-state index contributed by atoms with van der Waals surface area (Å²) in [7, 11) is 0. The third kappa shape index (κ3) is 5.51. The van der Waals surface area contributed by atoms with Gasteiger partial charge in [-0.15, -0.1) is 29.7 Å². The standard InChI is InChI=1S/C24H17N2.C5H12O2.Ir/c1-15-12-16(2)22-18-10-6-7-11-19(18)23-24(20(22)13-15)26-21(14-25-23)17-8-4-3-5-9-17;1-4(6)3-5(2)7;/h3-10,12-14H,1-2H3;4-7H,3H2,1-2H3;/q-1;;. The van der Waals surface area contributed by atoms with E-state index in [2.05, 4.69) is 50.2 Å². The molecule has 2 N–H and O–H groups in total. The van der Waals surface area contributed by atoms with Gasteiger partial charge in [0, 0.05) is 37.4 Å². The van der Waals surface area contributed by atoms with E-state index < -0.39 is 0 Å². The van der Waals surface area contributed by atoms with E-state index in [0.717, 1.165) is 33.1 Å². The van der Waals surface area contributed by atoms with E-state index in [4.69, 9.17) is 20.2 Å². The number of aliphatic hydroxyl groups is 2. The van der Waals surface area contributed by atoms with Crippen molar-refractivity contribution in [1.82, 2.24) is 9.97 Å². The Morgan fingerprint density at radius 3 is 2.24 bits per heavy atom. The molecular formula is C29H29IrN2O2-. The maximum absolute atomic E-state index is 8.56. The van der Waals surface area contributed by atoms with Crippen LogP contribution < -0.4 is 0 Å². The van der Waals surface area contributed by atoms with Gasteiger partial charge in [-0.05, 0) is 44.9 Å². The number of benzene rings is 4. The quantitative estimate of drug-likeness (QED) is 0.186. The Morgan fingerprint density at radius 1 is 0.882 bits per heavy atom. The van der Waals surface area contributed by atoms with E-state index in [9.17, 15) is 0 Å². The molecule has 0 aliphatic rings. The van der Waals surface area contributed by atoms with Crippen molar-refractivity contribution in [2.24, 2.45) is 0 Å². The summed E-state index contributed by atoms with van der Waals surface area (Å²) < 4.78 is 0. The number of rotatable bonds is 3. The molecule has 0 fully saturated rings. The molecule has 4 aromatic carbocycles. The van der Waals surface area contributed by atoms with Gasteiger partial charge in [0.25, 0.3) is 0 Å². The van der Waals surface area contributed by atoms with Crippen molar-refractivity contribution in [3.8, 4) is 11.3 Å². The van der Waals surface area contributed by atoms with E-state index in [1.54, 1.807) is 13.8 Å². The Kier molecular flexibility index (Phi) is 8.51. The molecule has 5 heteroatoms. The molecular weight excluding hydrogens is 601 g/mol. The zero-order chi connectivity index (χ0) is 23.5. The van der Waals surface area contributed by atoms with Gasteiger partial charge < -0.3 is 15.2 Å². The normalized spacial score (nSPS) is 12.6. The maximum atomic E-state index is 8.56. The van der Waals surface area contributed by atoms with Crippen LogP contribution in [-0.4, -0.2) is 32.4 Å². The summed E-state index contributed by atoms with van der Waals surface area (Å²) in [6.07, 6.45) is 1.59. The van der Waals surface area contributed by atoms with E-state index in [1.807, 2.05) is 36.5 Å². The van der Waals surface area contributed by atoms with Crippen LogP contribution >= 0.6 is 0 Å². The number of hydrogen-bond donors (Lipinski definition) is 2. The minimum atomic E-state index is -0.375. The van der Waals surface area contributed by atoms with Gasteiger partial charge in [-0.25, -0.2) is 0 Å². The number of nitrogens with zero attached hydrogens (tertiary/aromatic N) is 2. The Hall–Kier alpha value is -2.69. The van der Waals surface area contributed by atoms with Crippen molar-refractivity contribution in [1.29, 1.82) is 0 Å². The van der Waals surface area contributed by atoms with Crippen LogP contribution in [0.5, 0.6) is 0 Å². The number of aliphatic hydroxyl groups excluding tert-OH is 2. The van der Waals surface area contributed by atoms with E-state index >= 15 is 0 Å². The van der Waals surface area contributed by atoms with E-state index in [1.165, 1.54) is 21.9 Å². The van der Waals surface area contributed by atoms with Crippen molar-refractivity contribution >= 4 is 32.6 Å². The van der Waals surface area contributed by atoms with Crippen LogP contribution in [0.3, 0.4) is 0 Å². The van der Waals surface area contributed by atoms with Gasteiger partial charge in [0.2, 0.25) is 0 Å². The van der Waals surface area contributed by atoms with Crippen molar-refractivity contribution in [2.45, 2.75) is 46.3 Å². The smallest absolute Gasteiger partial charge is 0.0873 e. The average molecular weight is 630 g/mol. The molecule has 1 heterocycles. The molecule has 1 aromatic heterocycles. The van der Waals surface area contributed by atoms with Crippen LogP contribution in [0, 0.1) is 19.9 Å². The van der Waals surface area contributed by atoms with E-state index in [-0.39, 0.29) is 32.3 Å². The summed E-state index contributed by atoms with van der Waals surface area (Å²) in [6.45, 7) is 7.62. The maximum Gasteiger partial charge on any atom is 0.0873 e. The SMILES string of the molecule is CC(O)CC(C)O.Cc1cc(C)c2c3ccc[c-]c3c3ncc(-c4ccccc4)nc3c2c1.[Ir]. The Labute approximate surface area is 214 Å². The zero-order valence-corrected chi connectivity index (χ0v) is 22.2. The van der Waals surface area contributed by atoms with Crippen LogP contribution in [0.15, 0.2) is 66.9 Å². The average Bonchev–Trinajstić information content (AvgIpc) is 2.78. The first-order valence-corrected chi connectivity index (χ1v) is 11.3. The first kappa shape index (κ1) is 25.9. The van der Waals surface area contributed by atoms with Gasteiger partial charge in [0.1, 0.15) is 0 Å². The molecule has 0 saturated heterocycles. The Morgan fingerprint density at radius 2 is 1.59 bits per heavy atom. The number of aryl methyl sites for hydroxylation is 2. The monoisotopic (exact) mass is 630 g/mol. The van der Waals surface area contributed by atoms with Crippen LogP contribution in [0.2, 0.25) is 0 Å². The molecule has 1 radical (unpaired) electrons.